The first-order valence-corrected chi connectivity index (χ1v) is 13.9. The van der Waals surface area contributed by atoms with Gasteiger partial charge >= 0.3 is 0 Å². The van der Waals surface area contributed by atoms with Gasteiger partial charge in [-0.3, -0.25) is 4.79 Å². The van der Waals surface area contributed by atoms with Crippen LogP contribution in [-0.2, 0) is 11.4 Å². The summed E-state index contributed by atoms with van der Waals surface area (Å²) in [5, 5.41) is 8.75. The monoisotopic (exact) mass is 570 g/mol. The molecule has 0 saturated heterocycles. The van der Waals surface area contributed by atoms with Crippen molar-refractivity contribution in [2.24, 2.45) is 0 Å². The highest BCUT2D eigenvalue weighted by atomic mass is 79.9. The average Bonchev–Trinajstić information content (AvgIpc) is 3.25. The summed E-state index contributed by atoms with van der Waals surface area (Å²) < 4.78 is 14.7. The van der Waals surface area contributed by atoms with Gasteiger partial charge in [0.1, 0.15) is 12.6 Å². The number of hydrogen-bond donors (Lipinski definition) is 1. The minimum Gasteiger partial charge on any atom is -0.490 e. The van der Waals surface area contributed by atoms with Gasteiger partial charge in [0.2, 0.25) is 11.1 Å². The summed E-state index contributed by atoms with van der Waals surface area (Å²) in [6.45, 7) is 8.48. The number of fused-ring (bicyclic) bond motifs is 1. The second kappa shape index (κ2) is 12.0. The molecule has 0 radical (unpaired) electrons. The van der Waals surface area contributed by atoms with Gasteiger partial charge < -0.3 is 14.8 Å². The van der Waals surface area contributed by atoms with E-state index in [0.29, 0.717) is 41.4 Å². The van der Waals surface area contributed by atoms with E-state index >= 15 is 0 Å². The van der Waals surface area contributed by atoms with E-state index in [2.05, 4.69) is 28.2 Å². The van der Waals surface area contributed by atoms with E-state index in [0.717, 1.165) is 39.9 Å². The highest BCUT2D eigenvalue weighted by Crippen LogP contribution is 2.43. The van der Waals surface area contributed by atoms with Crippen molar-refractivity contribution in [2.45, 2.75) is 58.3 Å². The number of Topliss-reactive ketones (excluding diaryl/α,β-unsaturated/α-hetero) is 1. The summed E-state index contributed by atoms with van der Waals surface area (Å²) in [6, 6.07) is 13.5. The van der Waals surface area contributed by atoms with Crippen LogP contribution in [0.4, 0.5) is 5.95 Å². The number of unbranched alkanes of at least 4 members (excludes halogenated alkanes) is 1. The Bertz CT molecular complexity index is 1260. The normalized spacial score (nSPS) is 14.9. The van der Waals surface area contributed by atoms with Crippen LogP contribution in [0.1, 0.15) is 57.7 Å². The number of ether oxygens (including phenoxy) is 2. The minimum atomic E-state index is -0.439. The van der Waals surface area contributed by atoms with E-state index in [9.17, 15) is 4.79 Å². The van der Waals surface area contributed by atoms with Crippen molar-refractivity contribution in [3.63, 3.8) is 0 Å². The fourth-order valence-corrected chi connectivity index (χ4v) is 5.63. The van der Waals surface area contributed by atoms with Crippen molar-refractivity contribution >= 4 is 39.4 Å². The zero-order valence-corrected chi connectivity index (χ0v) is 23.4. The number of rotatable bonds is 11. The minimum absolute atomic E-state index is 0.0233. The van der Waals surface area contributed by atoms with Gasteiger partial charge in [0.15, 0.2) is 17.3 Å². The van der Waals surface area contributed by atoms with Crippen molar-refractivity contribution in [1.29, 1.82) is 0 Å². The standard InChI is InChI=1S/C27H31BrN4O3S/c1-5-7-13-36-27-30-26-29-17(3)23(18(4)33)24(32(26)31-27)20-14-21(28)25(22(15-20)34-6-2)35-16-19-11-9-8-10-12-19/h8-12,14-15,24H,5-7,13,16H2,1-4H3,(H,29,30,31). The third kappa shape index (κ3) is 5.78. The SMILES string of the molecule is CCCCSc1nc2n(n1)C(c1cc(Br)c(OCc3ccccc3)c(OCC)c1)C(C(C)=O)=C(C)N2. The Morgan fingerprint density at radius 1 is 1.19 bits per heavy atom. The molecule has 0 bridgehead atoms. The van der Waals surface area contributed by atoms with Crippen molar-refractivity contribution in [2.75, 3.05) is 17.7 Å². The molecule has 190 valence electrons. The summed E-state index contributed by atoms with van der Waals surface area (Å²) in [5.74, 6) is 2.78. The Balaban J connectivity index is 1.74. The molecular formula is C27H31BrN4O3S. The molecule has 1 aliphatic rings. The van der Waals surface area contributed by atoms with Crippen molar-refractivity contribution < 1.29 is 14.3 Å². The molecule has 7 nitrogen and oxygen atoms in total. The number of aromatic nitrogens is 3. The molecule has 1 atom stereocenters. The largest absolute Gasteiger partial charge is 0.490 e. The van der Waals surface area contributed by atoms with Gasteiger partial charge in [-0.25, -0.2) is 4.68 Å². The molecule has 0 saturated carbocycles. The number of hydrogen-bond acceptors (Lipinski definition) is 7. The second-order valence-electron chi connectivity index (χ2n) is 8.52. The zero-order chi connectivity index (χ0) is 25.7. The first-order chi connectivity index (χ1) is 17.4. The molecule has 9 heteroatoms. The molecule has 1 N–H and O–H groups in total. The Morgan fingerprint density at radius 2 is 1.97 bits per heavy atom. The Hall–Kier alpha value is -2.78. The Morgan fingerprint density at radius 3 is 2.67 bits per heavy atom. The van der Waals surface area contributed by atoms with Gasteiger partial charge in [-0.15, -0.1) is 5.10 Å². The molecule has 0 spiro atoms. The van der Waals surface area contributed by atoms with Crippen molar-refractivity contribution in [3.05, 3.63) is 69.3 Å². The highest BCUT2D eigenvalue weighted by molar-refractivity contribution is 9.10. The van der Waals surface area contributed by atoms with Crippen LogP contribution >= 0.6 is 27.7 Å². The molecule has 0 aliphatic carbocycles. The maximum absolute atomic E-state index is 12.8. The summed E-state index contributed by atoms with van der Waals surface area (Å²) in [6.07, 6.45) is 2.21. The molecule has 4 rings (SSSR count). The van der Waals surface area contributed by atoms with E-state index < -0.39 is 6.04 Å². The van der Waals surface area contributed by atoms with E-state index in [4.69, 9.17) is 19.6 Å². The molecule has 36 heavy (non-hydrogen) atoms. The fourth-order valence-electron chi connectivity index (χ4n) is 4.14. The summed E-state index contributed by atoms with van der Waals surface area (Å²) >= 11 is 5.32. The lowest BCUT2D eigenvalue weighted by Gasteiger charge is -2.28. The van der Waals surface area contributed by atoms with E-state index in [1.165, 1.54) is 0 Å². The number of nitrogens with one attached hydrogen (secondary N) is 1. The van der Waals surface area contributed by atoms with Crippen LogP contribution in [0.3, 0.4) is 0 Å². The second-order valence-corrected chi connectivity index (χ2v) is 10.4. The van der Waals surface area contributed by atoms with Crippen molar-refractivity contribution in [1.82, 2.24) is 14.8 Å². The van der Waals surface area contributed by atoms with Crippen molar-refractivity contribution in [3.8, 4) is 11.5 Å². The topological polar surface area (TPSA) is 78.3 Å². The quantitative estimate of drug-likeness (QED) is 0.201. The maximum atomic E-state index is 12.8. The predicted octanol–water partition coefficient (Wildman–Crippen LogP) is 6.79. The van der Waals surface area contributed by atoms with Gasteiger partial charge in [-0.1, -0.05) is 55.4 Å². The fraction of sp³-hybridized carbons (Fsp3) is 0.370. The van der Waals surface area contributed by atoms with E-state index in [1.807, 2.05) is 56.3 Å². The van der Waals surface area contributed by atoms with Gasteiger partial charge in [0.25, 0.3) is 0 Å². The number of carbonyl (C=O) groups is 1. The van der Waals surface area contributed by atoms with E-state index in [-0.39, 0.29) is 5.78 Å². The number of ketones is 1. The smallest absolute Gasteiger partial charge is 0.227 e. The molecule has 0 fully saturated rings. The van der Waals surface area contributed by atoms with Crippen LogP contribution in [0.5, 0.6) is 11.5 Å². The molecule has 1 unspecified atom stereocenters. The maximum Gasteiger partial charge on any atom is 0.227 e. The van der Waals surface area contributed by atoms with Crippen LogP contribution in [0.15, 0.2) is 63.4 Å². The number of allylic oxidation sites excluding steroid dienone is 2. The van der Waals surface area contributed by atoms with Gasteiger partial charge in [0, 0.05) is 17.0 Å². The third-order valence-electron chi connectivity index (χ3n) is 5.81. The van der Waals surface area contributed by atoms with Crippen LogP contribution < -0.4 is 14.8 Å². The molecule has 1 aliphatic heterocycles. The lowest BCUT2D eigenvalue weighted by atomic mass is 9.93. The van der Waals surface area contributed by atoms with Crippen LogP contribution in [0.25, 0.3) is 0 Å². The summed E-state index contributed by atoms with van der Waals surface area (Å²) in [5.41, 5.74) is 3.34. The number of anilines is 1. The first kappa shape index (κ1) is 26.3. The average molecular weight is 572 g/mol. The summed E-state index contributed by atoms with van der Waals surface area (Å²) in [7, 11) is 0. The zero-order valence-electron chi connectivity index (χ0n) is 21.0. The number of halogens is 1. The molecule has 2 heterocycles. The molecule has 0 amide bonds. The predicted molar refractivity (Wildman–Crippen MR) is 147 cm³/mol. The Labute approximate surface area is 224 Å². The highest BCUT2D eigenvalue weighted by Gasteiger charge is 2.34. The lowest BCUT2D eigenvalue weighted by Crippen LogP contribution is -2.28. The number of benzene rings is 2. The van der Waals surface area contributed by atoms with Gasteiger partial charge in [-0.05, 0) is 66.4 Å². The Kier molecular flexibility index (Phi) is 8.74. The molecule has 3 aromatic rings. The van der Waals surface area contributed by atoms with Crippen LogP contribution in [0.2, 0.25) is 0 Å². The summed E-state index contributed by atoms with van der Waals surface area (Å²) in [4.78, 5) is 17.5. The molecule has 2 aromatic carbocycles. The lowest BCUT2D eigenvalue weighted by molar-refractivity contribution is -0.114. The third-order valence-corrected chi connectivity index (χ3v) is 7.33. The number of nitrogens with zero attached hydrogens (tertiary/aromatic N) is 3. The number of carbonyl (C=O) groups excluding carboxylic acids is 1. The van der Waals surface area contributed by atoms with Gasteiger partial charge in [-0.2, -0.15) is 4.98 Å². The number of thioether (sulfide) groups is 1. The van der Waals surface area contributed by atoms with Crippen LogP contribution in [0, 0.1) is 0 Å². The molecular weight excluding hydrogens is 540 g/mol. The van der Waals surface area contributed by atoms with E-state index in [1.54, 1.807) is 23.4 Å². The van der Waals surface area contributed by atoms with Gasteiger partial charge in [0.05, 0.1) is 11.1 Å². The first-order valence-electron chi connectivity index (χ1n) is 12.1. The molecule has 1 aromatic heterocycles. The van der Waals surface area contributed by atoms with Crippen LogP contribution in [-0.4, -0.2) is 32.9 Å².